The normalized spacial score (nSPS) is 10.5. The number of carbonyl (C=O) groups is 2. The first-order chi connectivity index (χ1) is 12.0. The lowest BCUT2D eigenvalue weighted by Gasteiger charge is -2.06. The number of anilines is 1. The Bertz CT molecular complexity index is 785. The van der Waals surface area contributed by atoms with Gasteiger partial charge in [-0.05, 0) is 31.2 Å². The number of methoxy groups -OCH3 is 1. The minimum atomic E-state index is -0.566. The van der Waals surface area contributed by atoms with Gasteiger partial charge < -0.3 is 15.2 Å². The highest BCUT2D eigenvalue weighted by atomic mass is 16.5. The van der Waals surface area contributed by atoms with Gasteiger partial charge in [-0.2, -0.15) is 5.10 Å². The second-order valence-corrected chi connectivity index (χ2v) is 5.28. The Kier molecular flexibility index (Phi) is 6.11. The third kappa shape index (κ3) is 5.35. The van der Waals surface area contributed by atoms with Crippen molar-refractivity contribution < 1.29 is 19.4 Å². The molecule has 0 fully saturated rings. The van der Waals surface area contributed by atoms with Gasteiger partial charge in [0.05, 0.1) is 13.3 Å². The predicted molar refractivity (Wildman–Crippen MR) is 94.8 cm³/mol. The number of phenolic OH excluding ortho intramolecular Hbond substituents is 1. The number of aryl methyl sites for hydroxylation is 1. The Hall–Kier alpha value is -3.35. The molecule has 0 aliphatic carbocycles. The maximum absolute atomic E-state index is 11.8. The van der Waals surface area contributed by atoms with E-state index in [0.717, 1.165) is 5.56 Å². The molecule has 0 aliphatic heterocycles. The minimum Gasteiger partial charge on any atom is -0.504 e. The van der Waals surface area contributed by atoms with Crippen molar-refractivity contribution in [3.05, 3.63) is 53.6 Å². The van der Waals surface area contributed by atoms with Crippen LogP contribution >= 0.6 is 0 Å². The standard InChI is InChI=1S/C18H19N3O4/c1-12-6-8-14(9-7-12)20-16(22)10-17(23)21-19-11-13-4-3-5-15(25-2)18(13)24/h3-9,11,24H,10H2,1-2H3,(H,20,22)(H,21,23). The molecule has 130 valence electrons. The van der Waals surface area contributed by atoms with Crippen LogP contribution in [0.15, 0.2) is 47.6 Å². The van der Waals surface area contributed by atoms with E-state index in [-0.39, 0.29) is 12.2 Å². The van der Waals surface area contributed by atoms with Gasteiger partial charge in [-0.3, -0.25) is 9.59 Å². The zero-order valence-electron chi connectivity index (χ0n) is 13.9. The van der Waals surface area contributed by atoms with E-state index in [1.54, 1.807) is 30.3 Å². The fourth-order valence-corrected chi connectivity index (χ4v) is 2.01. The molecule has 0 atom stereocenters. The van der Waals surface area contributed by atoms with Crippen molar-refractivity contribution >= 4 is 23.7 Å². The van der Waals surface area contributed by atoms with Gasteiger partial charge in [0, 0.05) is 11.3 Å². The van der Waals surface area contributed by atoms with Crippen molar-refractivity contribution in [2.24, 2.45) is 5.10 Å². The average Bonchev–Trinajstić information content (AvgIpc) is 2.58. The maximum Gasteiger partial charge on any atom is 0.249 e. The minimum absolute atomic E-state index is 0.0832. The molecular weight excluding hydrogens is 322 g/mol. The highest BCUT2D eigenvalue weighted by molar-refractivity contribution is 6.03. The van der Waals surface area contributed by atoms with Crippen molar-refractivity contribution in [2.75, 3.05) is 12.4 Å². The summed E-state index contributed by atoms with van der Waals surface area (Å²) in [4.78, 5) is 23.5. The van der Waals surface area contributed by atoms with E-state index in [2.05, 4.69) is 15.8 Å². The van der Waals surface area contributed by atoms with Crippen molar-refractivity contribution in [2.45, 2.75) is 13.3 Å². The third-order valence-electron chi connectivity index (χ3n) is 3.30. The number of hydrogen-bond donors (Lipinski definition) is 3. The highest BCUT2D eigenvalue weighted by Gasteiger charge is 2.09. The molecular formula is C18H19N3O4. The summed E-state index contributed by atoms with van der Waals surface area (Å²) < 4.78 is 4.98. The largest absolute Gasteiger partial charge is 0.504 e. The molecule has 0 heterocycles. The number of nitrogens with zero attached hydrogens (tertiary/aromatic N) is 1. The topological polar surface area (TPSA) is 100 Å². The number of para-hydroxylation sites is 1. The summed E-state index contributed by atoms with van der Waals surface area (Å²) in [6.45, 7) is 1.94. The van der Waals surface area contributed by atoms with E-state index < -0.39 is 11.8 Å². The number of phenols is 1. The summed E-state index contributed by atoms with van der Waals surface area (Å²) in [7, 11) is 1.43. The molecule has 2 rings (SSSR count). The number of nitrogens with one attached hydrogen (secondary N) is 2. The van der Waals surface area contributed by atoms with E-state index in [0.29, 0.717) is 17.0 Å². The molecule has 0 aromatic heterocycles. The number of rotatable bonds is 6. The van der Waals surface area contributed by atoms with E-state index >= 15 is 0 Å². The fraction of sp³-hybridized carbons (Fsp3) is 0.167. The second-order valence-electron chi connectivity index (χ2n) is 5.28. The summed E-state index contributed by atoms with van der Waals surface area (Å²) in [5, 5.41) is 16.2. The molecule has 2 aromatic carbocycles. The van der Waals surface area contributed by atoms with Gasteiger partial charge in [0.15, 0.2) is 11.5 Å². The van der Waals surface area contributed by atoms with Gasteiger partial charge in [0.25, 0.3) is 0 Å². The van der Waals surface area contributed by atoms with Crippen molar-refractivity contribution in [1.82, 2.24) is 5.43 Å². The number of hydrogen-bond acceptors (Lipinski definition) is 5. The molecule has 0 bridgehead atoms. The number of hydrazone groups is 1. The summed E-state index contributed by atoms with van der Waals surface area (Å²) in [5.74, 6) is -0.795. The van der Waals surface area contributed by atoms with Crippen molar-refractivity contribution in [3.8, 4) is 11.5 Å². The SMILES string of the molecule is COc1cccc(C=NNC(=O)CC(=O)Nc2ccc(C)cc2)c1O. The van der Waals surface area contributed by atoms with Gasteiger partial charge in [-0.1, -0.05) is 23.8 Å². The molecule has 0 spiro atoms. The lowest BCUT2D eigenvalue weighted by molar-refractivity contribution is -0.126. The van der Waals surface area contributed by atoms with Crippen LogP contribution in [0.1, 0.15) is 17.5 Å². The molecule has 3 N–H and O–H groups in total. The second kappa shape index (κ2) is 8.49. The van der Waals surface area contributed by atoms with Crippen LogP contribution in [-0.2, 0) is 9.59 Å². The van der Waals surface area contributed by atoms with Crippen LogP contribution in [-0.4, -0.2) is 30.2 Å². The number of ether oxygens (including phenoxy) is 1. The van der Waals surface area contributed by atoms with Gasteiger partial charge in [0.2, 0.25) is 11.8 Å². The third-order valence-corrected chi connectivity index (χ3v) is 3.30. The van der Waals surface area contributed by atoms with E-state index in [1.807, 2.05) is 19.1 Å². The van der Waals surface area contributed by atoms with Crippen LogP contribution in [0.2, 0.25) is 0 Å². The van der Waals surface area contributed by atoms with Gasteiger partial charge >= 0.3 is 0 Å². The molecule has 0 radical (unpaired) electrons. The Morgan fingerprint density at radius 2 is 1.88 bits per heavy atom. The van der Waals surface area contributed by atoms with Crippen LogP contribution < -0.4 is 15.5 Å². The van der Waals surface area contributed by atoms with Gasteiger partial charge in [0.1, 0.15) is 6.42 Å². The Morgan fingerprint density at radius 1 is 1.16 bits per heavy atom. The van der Waals surface area contributed by atoms with Crippen LogP contribution in [0, 0.1) is 6.92 Å². The lowest BCUT2D eigenvalue weighted by Crippen LogP contribution is -2.24. The Morgan fingerprint density at radius 3 is 2.56 bits per heavy atom. The van der Waals surface area contributed by atoms with Crippen molar-refractivity contribution in [1.29, 1.82) is 0 Å². The van der Waals surface area contributed by atoms with Gasteiger partial charge in [-0.25, -0.2) is 5.43 Å². The summed E-state index contributed by atoms with van der Waals surface area (Å²) in [6.07, 6.45) is 0.906. The molecule has 7 nitrogen and oxygen atoms in total. The molecule has 0 saturated heterocycles. The van der Waals surface area contributed by atoms with E-state index in [1.165, 1.54) is 13.3 Å². The van der Waals surface area contributed by atoms with Crippen molar-refractivity contribution in [3.63, 3.8) is 0 Å². The molecule has 7 heteroatoms. The van der Waals surface area contributed by atoms with Crippen LogP contribution in [0.5, 0.6) is 11.5 Å². The number of benzene rings is 2. The predicted octanol–water partition coefficient (Wildman–Crippen LogP) is 2.19. The smallest absolute Gasteiger partial charge is 0.249 e. The zero-order chi connectivity index (χ0) is 18.2. The fourth-order valence-electron chi connectivity index (χ4n) is 2.01. The molecule has 0 unspecified atom stereocenters. The van der Waals surface area contributed by atoms with Gasteiger partial charge in [-0.15, -0.1) is 0 Å². The number of aromatic hydroxyl groups is 1. The number of amides is 2. The molecule has 0 aliphatic rings. The van der Waals surface area contributed by atoms with E-state index in [4.69, 9.17) is 4.74 Å². The quantitative estimate of drug-likeness (QED) is 0.426. The maximum atomic E-state index is 11.8. The lowest BCUT2D eigenvalue weighted by atomic mass is 10.2. The molecule has 25 heavy (non-hydrogen) atoms. The first-order valence-electron chi connectivity index (χ1n) is 7.54. The average molecular weight is 341 g/mol. The van der Waals surface area contributed by atoms with Crippen LogP contribution in [0.4, 0.5) is 5.69 Å². The summed E-state index contributed by atoms with van der Waals surface area (Å²) in [5.41, 5.74) is 4.31. The first kappa shape index (κ1) is 18.0. The van der Waals surface area contributed by atoms with Crippen LogP contribution in [0.3, 0.4) is 0 Å². The first-order valence-corrected chi connectivity index (χ1v) is 7.54. The zero-order valence-corrected chi connectivity index (χ0v) is 13.9. The Labute approximate surface area is 145 Å². The highest BCUT2D eigenvalue weighted by Crippen LogP contribution is 2.27. The molecule has 2 aromatic rings. The van der Waals surface area contributed by atoms with Crippen LogP contribution in [0.25, 0.3) is 0 Å². The number of carbonyl (C=O) groups excluding carboxylic acids is 2. The molecule has 0 saturated carbocycles. The van der Waals surface area contributed by atoms with E-state index in [9.17, 15) is 14.7 Å². The Balaban J connectivity index is 1.86. The molecule has 2 amide bonds. The summed E-state index contributed by atoms with van der Waals surface area (Å²) in [6, 6.07) is 12.1. The summed E-state index contributed by atoms with van der Waals surface area (Å²) >= 11 is 0. The monoisotopic (exact) mass is 341 g/mol.